The number of ether oxygens (including phenoxy) is 1. The number of fused-ring (bicyclic) bond motifs is 1. The molecule has 3 amide bonds. The highest BCUT2D eigenvalue weighted by Gasteiger charge is 2.34. The second-order valence-electron chi connectivity index (χ2n) is 8.88. The first-order valence-electron chi connectivity index (χ1n) is 12.4. The van der Waals surface area contributed by atoms with Crippen molar-refractivity contribution in [2.45, 2.75) is 32.4 Å². The number of urea groups is 1. The lowest BCUT2D eigenvalue weighted by atomic mass is 10.2. The van der Waals surface area contributed by atoms with Gasteiger partial charge in [0.2, 0.25) is 0 Å². The second kappa shape index (κ2) is 12.3. The fourth-order valence-electron chi connectivity index (χ4n) is 3.98. The third-order valence-electron chi connectivity index (χ3n) is 6.01. The number of alkyl halides is 3. The Morgan fingerprint density at radius 3 is 2.40 bits per heavy atom. The maximum Gasteiger partial charge on any atom is 0.417 e. The number of halogens is 4. The number of nitrogens with one attached hydrogen (secondary N) is 2. The van der Waals surface area contributed by atoms with Gasteiger partial charge in [0.15, 0.2) is 0 Å². The van der Waals surface area contributed by atoms with Crippen LogP contribution in [0.15, 0.2) is 72.9 Å². The van der Waals surface area contributed by atoms with E-state index in [4.69, 9.17) is 16.3 Å². The van der Waals surface area contributed by atoms with Crippen LogP contribution in [0.5, 0.6) is 0 Å². The number of nitrogens with zero attached hydrogens (tertiary/aromatic N) is 2. The SMILES string of the molecule is CCCCCOC(=O)Nc1ccc2c(ccn2-c2ccc(NC(=O)N(O)c3ccc(Cl)c(C(F)(F)F)c3)cc2)c1. The molecule has 0 bridgehead atoms. The van der Waals surface area contributed by atoms with Gasteiger partial charge in [-0.05, 0) is 73.2 Å². The molecule has 0 aliphatic carbocycles. The number of anilines is 3. The van der Waals surface area contributed by atoms with Gasteiger partial charge >= 0.3 is 18.3 Å². The molecule has 8 nitrogen and oxygen atoms in total. The molecule has 3 aromatic carbocycles. The summed E-state index contributed by atoms with van der Waals surface area (Å²) in [5, 5.41) is 15.7. The van der Waals surface area contributed by atoms with E-state index in [1.165, 1.54) is 0 Å². The highest BCUT2D eigenvalue weighted by molar-refractivity contribution is 6.31. The Bertz CT molecular complexity index is 1510. The standard InChI is InChI=1S/C28H26ClF3N4O4/c1-2-3-4-15-40-27(38)34-20-7-12-25-18(16-20)13-14-35(25)21-8-5-19(6-9-21)33-26(37)36(39)22-10-11-24(29)23(17-22)28(30,31)32/h5-14,16-17,39H,2-4,15H2,1H3,(H,33,37)(H,34,38). The van der Waals surface area contributed by atoms with Crippen LogP contribution in [0.25, 0.3) is 16.6 Å². The van der Waals surface area contributed by atoms with Crippen LogP contribution in [-0.2, 0) is 10.9 Å². The van der Waals surface area contributed by atoms with E-state index in [0.29, 0.717) is 24.0 Å². The molecule has 0 fully saturated rings. The van der Waals surface area contributed by atoms with Crippen molar-refractivity contribution < 1.29 is 32.7 Å². The van der Waals surface area contributed by atoms with Gasteiger partial charge in [0.25, 0.3) is 0 Å². The zero-order valence-electron chi connectivity index (χ0n) is 21.3. The normalized spacial score (nSPS) is 11.3. The van der Waals surface area contributed by atoms with Crippen molar-refractivity contribution in [3.05, 3.63) is 83.5 Å². The average Bonchev–Trinajstić information content (AvgIpc) is 3.34. The lowest BCUT2D eigenvalue weighted by molar-refractivity contribution is -0.137. The molecule has 1 heterocycles. The summed E-state index contributed by atoms with van der Waals surface area (Å²) >= 11 is 5.60. The van der Waals surface area contributed by atoms with Gasteiger partial charge in [0.1, 0.15) is 0 Å². The minimum absolute atomic E-state index is 0.0749. The first-order valence-corrected chi connectivity index (χ1v) is 12.8. The molecule has 1 aromatic heterocycles. The molecule has 0 spiro atoms. The predicted molar refractivity (Wildman–Crippen MR) is 148 cm³/mol. The molecule has 0 saturated carbocycles. The van der Waals surface area contributed by atoms with Crippen LogP contribution < -0.4 is 15.7 Å². The maximum atomic E-state index is 13.1. The highest BCUT2D eigenvalue weighted by Crippen LogP contribution is 2.37. The minimum atomic E-state index is -4.75. The van der Waals surface area contributed by atoms with Crippen molar-refractivity contribution in [2.24, 2.45) is 0 Å². The maximum absolute atomic E-state index is 13.1. The molecule has 4 aromatic rings. The monoisotopic (exact) mass is 574 g/mol. The Labute approximate surface area is 232 Å². The van der Waals surface area contributed by atoms with E-state index in [1.54, 1.807) is 30.3 Å². The smallest absolute Gasteiger partial charge is 0.417 e. The number of amides is 3. The predicted octanol–water partition coefficient (Wildman–Crippen LogP) is 8.47. The van der Waals surface area contributed by atoms with E-state index in [9.17, 15) is 28.0 Å². The zero-order chi connectivity index (χ0) is 28.9. The Morgan fingerprint density at radius 1 is 0.975 bits per heavy atom. The van der Waals surface area contributed by atoms with Crippen LogP contribution in [0, 0.1) is 0 Å². The molecule has 4 rings (SSSR count). The van der Waals surface area contributed by atoms with E-state index >= 15 is 0 Å². The van der Waals surface area contributed by atoms with Gasteiger partial charge in [-0.15, -0.1) is 0 Å². The number of hydrogen-bond acceptors (Lipinski definition) is 4. The molecule has 0 aliphatic rings. The summed E-state index contributed by atoms with van der Waals surface area (Å²) in [7, 11) is 0. The van der Waals surface area contributed by atoms with Crippen molar-refractivity contribution in [3.8, 4) is 5.69 Å². The third kappa shape index (κ3) is 6.85. The average molecular weight is 575 g/mol. The van der Waals surface area contributed by atoms with Crippen molar-refractivity contribution in [3.63, 3.8) is 0 Å². The summed E-state index contributed by atoms with van der Waals surface area (Å²) in [4.78, 5) is 24.4. The fourth-order valence-corrected chi connectivity index (χ4v) is 4.20. The van der Waals surface area contributed by atoms with Crippen LogP contribution in [0.2, 0.25) is 5.02 Å². The molecule has 12 heteroatoms. The van der Waals surface area contributed by atoms with Crippen molar-refractivity contribution >= 4 is 51.7 Å². The molecular weight excluding hydrogens is 549 g/mol. The topological polar surface area (TPSA) is 95.8 Å². The lowest BCUT2D eigenvalue weighted by Crippen LogP contribution is -2.32. The summed E-state index contributed by atoms with van der Waals surface area (Å²) in [6.45, 7) is 2.44. The molecule has 40 heavy (non-hydrogen) atoms. The molecule has 0 aliphatic heterocycles. The minimum Gasteiger partial charge on any atom is -0.449 e. The number of unbranched alkanes of at least 4 members (excludes halogenated alkanes) is 2. The van der Waals surface area contributed by atoms with Gasteiger partial charge in [-0.3, -0.25) is 10.5 Å². The molecule has 0 unspecified atom stereocenters. The molecule has 3 N–H and O–H groups in total. The van der Waals surface area contributed by atoms with Crippen LogP contribution >= 0.6 is 11.6 Å². The number of benzene rings is 3. The molecule has 0 saturated heterocycles. The van der Waals surface area contributed by atoms with Crippen molar-refractivity contribution in [2.75, 3.05) is 22.3 Å². The second-order valence-corrected chi connectivity index (χ2v) is 9.29. The van der Waals surface area contributed by atoms with Gasteiger partial charge in [0, 0.05) is 28.6 Å². The van der Waals surface area contributed by atoms with Crippen LogP contribution in [0.3, 0.4) is 0 Å². The Balaban J connectivity index is 1.41. The van der Waals surface area contributed by atoms with Crippen LogP contribution in [-0.4, -0.2) is 28.5 Å². The van der Waals surface area contributed by atoms with E-state index in [1.807, 2.05) is 29.0 Å². The van der Waals surface area contributed by atoms with Gasteiger partial charge < -0.3 is 14.6 Å². The van der Waals surface area contributed by atoms with E-state index in [-0.39, 0.29) is 5.06 Å². The van der Waals surface area contributed by atoms with Gasteiger partial charge in [0.05, 0.1) is 28.4 Å². The number of hydrogen-bond donors (Lipinski definition) is 3. The summed E-state index contributed by atoms with van der Waals surface area (Å²) in [5.74, 6) is 0. The number of aromatic nitrogens is 1. The largest absolute Gasteiger partial charge is 0.449 e. The molecule has 210 valence electrons. The first kappa shape index (κ1) is 28.8. The quantitative estimate of drug-likeness (QED) is 0.112. The summed E-state index contributed by atoms with van der Waals surface area (Å²) < 4.78 is 46.4. The van der Waals surface area contributed by atoms with E-state index < -0.39 is 34.6 Å². The summed E-state index contributed by atoms with van der Waals surface area (Å²) in [5.41, 5.74) is 0.953. The number of rotatable bonds is 8. The van der Waals surface area contributed by atoms with Crippen molar-refractivity contribution in [1.29, 1.82) is 0 Å². The zero-order valence-corrected chi connectivity index (χ0v) is 22.1. The van der Waals surface area contributed by atoms with Gasteiger partial charge in [-0.1, -0.05) is 31.4 Å². The van der Waals surface area contributed by atoms with Crippen LogP contribution in [0.1, 0.15) is 31.7 Å². The van der Waals surface area contributed by atoms with E-state index in [2.05, 4.69) is 17.6 Å². The number of carbonyl (C=O) groups is 2. The Kier molecular flexibility index (Phi) is 8.86. The Hall–Kier alpha value is -4.22. The van der Waals surface area contributed by atoms with E-state index in [0.717, 1.165) is 48.0 Å². The Morgan fingerprint density at radius 2 is 1.70 bits per heavy atom. The van der Waals surface area contributed by atoms with Gasteiger partial charge in [-0.25, -0.2) is 9.59 Å². The lowest BCUT2D eigenvalue weighted by Gasteiger charge is -2.18. The molecule has 0 atom stereocenters. The fraction of sp³-hybridized carbons (Fsp3) is 0.214. The molecule has 0 radical (unpaired) electrons. The summed E-state index contributed by atoms with van der Waals surface area (Å²) in [6.07, 6.45) is -0.560. The van der Waals surface area contributed by atoms with Crippen LogP contribution in [0.4, 0.5) is 39.8 Å². The van der Waals surface area contributed by atoms with Crippen molar-refractivity contribution in [1.82, 2.24) is 4.57 Å². The first-order chi connectivity index (χ1) is 19.1. The summed E-state index contributed by atoms with van der Waals surface area (Å²) in [6, 6.07) is 15.5. The third-order valence-corrected chi connectivity index (χ3v) is 6.34. The molecular formula is C28H26ClF3N4O4. The number of carbonyl (C=O) groups excluding carboxylic acids is 2. The highest BCUT2D eigenvalue weighted by atomic mass is 35.5. The van der Waals surface area contributed by atoms with Gasteiger partial charge in [-0.2, -0.15) is 18.2 Å². The number of hydroxylamine groups is 1.